The highest BCUT2D eigenvalue weighted by Gasteiger charge is 2.45. The number of ether oxygens (including phenoxy) is 2. The summed E-state index contributed by atoms with van der Waals surface area (Å²) < 4.78 is 11.0. The normalized spacial score (nSPS) is 24.5. The molecule has 2 saturated heterocycles. The Morgan fingerprint density at radius 2 is 2.12 bits per heavy atom. The van der Waals surface area contributed by atoms with E-state index in [1.54, 1.807) is 7.11 Å². The molecular weight excluding hydrogens is 318 g/mol. The van der Waals surface area contributed by atoms with Crippen LogP contribution in [0.15, 0.2) is 24.3 Å². The maximum absolute atomic E-state index is 12.4. The summed E-state index contributed by atoms with van der Waals surface area (Å²) in [6.45, 7) is 5.78. The standard InChI is InChI=1S/C19H25N3O3/c1-24-8-7-22-14-19(10-18(22)23)13-21(6-9-25-15-19)12-17-4-2-16(11-20)3-5-17/h2-5H,6-10,12-15H2,1H3/t19-/m0/s1. The van der Waals surface area contributed by atoms with Crippen molar-refractivity contribution in [1.29, 1.82) is 5.26 Å². The van der Waals surface area contributed by atoms with Crippen molar-refractivity contribution in [2.45, 2.75) is 13.0 Å². The minimum Gasteiger partial charge on any atom is -0.383 e. The van der Waals surface area contributed by atoms with E-state index in [2.05, 4.69) is 11.0 Å². The van der Waals surface area contributed by atoms with E-state index in [4.69, 9.17) is 14.7 Å². The van der Waals surface area contributed by atoms with E-state index < -0.39 is 0 Å². The van der Waals surface area contributed by atoms with E-state index >= 15 is 0 Å². The van der Waals surface area contributed by atoms with Gasteiger partial charge in [0.05, 0.1) is 31.5 Å². The molecule has 2 aliphatic heterocycles. The zero-order valence-corrected chi connectivity index (χ0v) is 14.7. The Labute approximate surface area is 148 Å². The van der Waals surface area contributed by atoms with Crippen molar-refractivity contribution in [2.24, 2.45) is 5.41 Å². The van der Waals surface area contributed by atoms with Crippen LogP contribution in [-0.4, -0.2) is 68.8 Å². The third kappa shape index (κ3) is 4.37. The molecule has 0 N–H and O–H groups in total. The topological polar surface area (TPSA) is 65.8 Å². The van der Waals surface area contributed by atoms with Gasteiger partial charge in [0.25, 0.3) is 0 Å². The minimum atomic E-state index is -0.131. The quantitative estimate of drug-likeness (QED) is 0.805. The molecule has 1 atom stereocenters. The third-order valence-electron chi connectivity index (χ3n) is 4.98. The molecule has 3 rings (SSSR count). The molecule has 0 unspecified atom stereocenters. The lowest BCUT2D eigenvalue weighted by Gasteiger charge is -2.31. The molecule has 1 aromatic carbocycles. The molecule has 0 radical (unpaired) electrons. The second kappa shape index (κ2) is 7.96. The highest BCUT2D eigenvalue weighted by atomic mass is 16.5. The smallest absolute Gasteiger partial charge is 0.223 e. The number of carbonyl (C=O) groups excluding carboxylic acids is 1. The first-order chi connectivity index (χ1) is 12.1. The van der Waals surface area contributed by atoms with Crippen LogP contribution in [0.2, 0.25) is 0 Å². The molecule has 1 amide bonds. The second-order valence-corrected chi connectivity index (χ2v) is 7.06. The van der Waals surface area contributed by atoms with Crippen LogP contribution < -0.4 is 0 Å². The number of nitriles is 1. The van der Waals surface area contributed by atoms with Crippen molar-refractivity contribution in [3.8, 4) is 6.07 Å². The first-order valence-electron chi connectivity index (χ1n) is 8.70. The Kier molecular flexibility index (Phi) is 5.69. The van der Waals surface area contributed by atoms with Gasteiger partial charge in [0.2, 0.25) is 5.91 Å². The number of hydrogen-bond acceptors (Lipinski definition) is 5. The Bertz CT molecular complexity index is 640. The number of hydrogen-bond donors (Lipinski definition) is 0. The predicted octanol–water partition coefficient (Wildman–Crippen LogP) is 1.26. The number of carbonyl (C=O) groups is 1. The van der Waals surface area contributed by atoms with E-state index in [0.29, 0.717) is 38.3 Å². The summed E-state index contributed by atoms with van der Waals surface area (Å²) in [6, 6.07) is 9.85. The number of rotatable bonds is 5. The Morgan fingerprint density at radius 1 is 1.32 bits per heavy atom. The monoisotopic (exact) mass is 343 g/mol. The second-order valence-electron chi connectivity index (χ2n) is 7.06. The molecule has 2 aliphatic rings. The van der Waals surface area contributed by atoms with Gasteiger partial charge in [-0.3, -0.25) is 9.69 Å². The van der Waals surface area contributed by atoms with Crippen molar-refractivity contribution in [3.05, 3.63) is 35.4 Å². The molecule has 2 heterocycles. The lowest BCUT2D eigenvalue weighted by Crippen LogP contribution is -2.40. The molecule has 25 heavy (non-hydrogen) atoms. The number of likely N-dealkylation sites (tertiary alicyclic amines) is 1. The van der Waals surface area contributed by atoms with Gasteiger partial charge >= 0.3 is 0 Å². The fourth-order valence-electron chi connectivity index (χ4n) is 3.75. The van der Waals surface area contributed by atoms with Crippen LogP contribution in [0.4, 0.5) is 0 Å². The average Bonchev–Trinajstić information content (AvgIpc) is 2.79. The number of benzene rings is 1. The molecule has 1 aromatic rings. The van der Waals surface area contributed by atoms with Crippen LogP contribution in [0.25, 0.3) is 0 Å². The third-order valence-corrected chi connectivity index (χ3v) is 4.98. The van der Waals surface area contributed by atoms with Gasteiger partial charge in [-0.2, -0.15) is 5.26 Å². The largest absolute Gasteiger partial charge is 0.383 e. The molecule has 0 bridgehead atoms. The van der Waals surface area contributed by atoms with E-state index in [9.17, 15) is 4.79 Å². The molecule has 0 aromatic heterocycles. The van der Waals surface area contributed by atoms with Crippen molar-refractivity contribution in [2.75, 3.05) is 53.1 Å². The van der Waals surface area contributed by atoms with Gasteiger partial charge in [0.1, 0.15) is 0 Å². The Morgan fingerprint density at radius 3 is 2.84 bits per heavy atom. The maximum atomic E-state index is 12.4. The van der Waals surface area contributed by atoms with Crippen molar-refractivity contribution < 1.29 is 14.3 Å². The van der Waals surface area contributed by atoms with E-state index in [0.717, 1.165) is 26.2 Å². The van der Waals surface area contributed by atoms with Gasteiger partial charge < -0.3 is 14.4 Å². The lowest BCUT2D eigenvalue weighted by molar-refractivity contribution is -0.128. The molecule has 1 spiro atoms. The van der Waals surface area contributed by atoms with Crippen LogP contribution in [0.5, 0.6) is 0 Å². The summed E-state index contributed by atoms with van der Waals surface area (Å²) in [6.07, 6.45) is 0.542. The molecular formula is C19H25N3O3. The van der Waals surface area contributed by atoms with Crippen LogP contribution in [-0.2, 0) is 20.8 Å². The number of amides is 1. The van der Waals surface area contributed by atoms with Crippen molar-refractivity contribution in [1.82, 2.24) is 9.80 Å². The summed E-state index contributed by atoms with van der Waals surface area (Å²) in [5.41, 5.74) is 1.72. The first-order valence-corrected chi connectivity index (χ1v) is 8.70. The summed E-state index contributed by atoms with van der Waals surface area (Å²) in [5.74, 6) is 0.195. The Balaban J connectivity index is 1.66. The summed E-state index contributed by atoms with van der Waals surface area (Å²) in [5, 5.41) is 8.92. The van der Waals surface area contributed by atoms with Gasteiger partial charge in [0.15, 0.2) is 0 Å². The van der Waals surface area contributed by atoms with Crippen LogP contribution in [0.1, 0.15) is 17.5 Å². The zero-order chi connectivity index (χ0) is 17.7. The Hall–Kier alpha value is -1.94. The highest BCUT2D eigenvalue weighted by Crippen LogP contribution is 2.34. The predicted molar refractivity (Wildman–Crippen MR) is 92.8 cm³/mol. The van der Waals surface area contributed by atoms with Crippen LogP contribution >= 0.6 is 0 Å². The molecule has 2 fully saturated rings. The van der Waals surface area contributed by atoms with E-state index in [1.165, 1.54) is 5.56 Å². The summed E-state index contributed by atoms with van der Waals surface area (Å²) in [7, 11) is 1.66. The van der Waals surface area contributed by atoms with Gasteiger partial charge in [0, 0.05) is 51.7 Å². The average molecular weight is 343 g/mol. The lowest BCUT2D eigenvalue weighted by atomic mass is 9.87. The number of methoxy groups -OCH3 is 1. The van der Waals surface area contributed by atoms with Crippen LogP contribution in [0.3, 0.4) is 0 Å². The SMILES string of the molecule is COCCN1C[C@]2(COCCN(Cc3ccc(C#N)cc3)C2)CC1=O. The van der Waals surface area contributed by atoms with Gasteiger partial charge in [-0.1, -0.05) is 12.1 Å². The fraction of sp³-hybridized carbons (Fsp3) is 0.579. The first kappa shape index (κ1) is 17.9. The fourth-order valence-corrected chi connectivity index (χ4v) is 3.75. The summed E-state index contributed by atoms with van der Waals surface area (Å²) >= 11 is 0. The molecule has 6 nitrogen and oxygen atoms in total. The molecule has 0 saturated carbocycles. The molecule has 0 aliphatic carbocycles. The van der Waals surface area contributed by atoms with Crippen LogP contribution in [0, 0.1) is 16.7 Å². The van der Waals surface area contributed by atoms with E-state index in [1.807, 2.05) is 29.2 Å². The van der Waals surface area contributed by atoms with Crippen molar-refractivity contribution >= 4 is 5.91 Å². The van der Waals surface area contributed by atoms with Gasteiger partial charge in [-0.25, -0.2) is 0 Å². The highest BCUT2D eigenvalue weighted by molar-refractivity contribution is 5.79. The number of nitrogens with zero attached hydrogens (tertiary/aromatic N) is 3. The summed E-state index contributed by atoms with van der Waals surface area (Å²) in [4.78, 5) is 16.6. The van der Waals surface area contributed by atoms with Crippen molar-refractivity contribution in [3.63, 3.8) is 0 Å². The van der Waals surface area contributed by atoms with Gasteiger partial charge in [-0.05, 0) is 17.7 Å². The molecule has 6 heteroatoms. The zero-order valence-electron chi connectivity index (χ0n) is 14.7. The van der Waals surface area contributed by atoms with E-state index in [-0.39, 0.29) is 11.3 Å². The molecule has 134 valence electrons. The maximum Gasteiger partial charge on any atom is 0.223 e. The minimum absolute atomic E-state index is 0.131. The van der Waals surface area contributed by atoms with Gasteiger partial charge in [-0.15, -0.1) is 0 Å².